The lowest BCUT2D eigenvalue weighted by molar-refractivity contribution is 0.0927. The van der Waals surface area contributed by atoms with Crippen LogP contribution in [0.2, 0.25) is 0 Å². The van der Waals surface area contributed by atoms with Gasteiger partial charge in [0.25, 0.3) is 0 Å². The molecule has 2 nitrogen and oxygen atoms in total. The maximum Gasteiger partial charge on any atom is 0.176 e. The molecule has 3 heteroatoms. The van der Waals surface area contributed by atoms with Gasteiger partial charge in [0.15, 0.2) is 5.78 Å². The van der Waals surface area contributed by atoms with Gasteiger partial charge in [-0.25, -0.2) is 0 Å². The molecule has 1 saturated heterocycles. The first-order chi connectivity index (χ1) is 9.37. The lowest BCUT2D eigenvalue weighted by atomic mass is 10.0. The molecule has 1 aliphatic rings. The second kappa shape index (κ2) is 6.31. The summed E-state index contributed by atoms with van der Waals surface area (Å²) in [6.45, 7) is 11.4. The molecule has 0 bridgehead atoms. The summed E-state index contributed by atoms with van der Waals surface area (Å²) < 4.78 is 0.264. The van der Waals surface area contributed by atoms with Gasteiger partial charge >= 0.3 is 0 Å². The predicted octanol–water partition coefficient (Wildman–Crippen LogP) is 3.82. The number of Topliss-reactive ketones (excluding diaryl/α,β-unsaturated/α-hetero) is 1. The molecule has 0 amide bonds. The number of thioether (sulfide) groups is 1. The monoisotopic (exact) mass is 291 g/mol. The van der Waals surface area contributed by atoms with Crippen LogP contribution < -0.4 is 0 Å². The Morgan fingerprint density at radius 3 is 2.50 bits per heavy atom. The lowest BCUT2D eigenvalue weighted by Crippen LogP contribution is -2.45. The molecule has 0 N–H and O–H groups in total. The minimum atomic E-state index is 0.239. The van der Waals surface area contributed by atoms with Gasteiger partial charge in [-0.1, -0.05) is 38.1 Å². The number of benzene rings is 1. The average Bonchev–Trinajstić information content (AvgIpc) is 2.37. The number of ketones is 1. The number of hydrogen-bond acceptors (Lipinski definition) is 3. The molecule has 0 saturated carbocycles. The Bertz CT molecular complexity index is 464. The average molecular weight is 291 g/mol. The first kappa shape index (κ1) is 15.6. The van der Waals surface area contributed by atoms with Crippen LogP contribution in [0.4, 0.5) is 0 Å². The van der Waals surface area contributed by atoms with Crippen molar-refractivity contribution < 1.29 is 4.79 Å². The Labute approximate surface area is 126 Å². The van der Waals surface area contributed by atoms with Crippen LogP contribution in [0.1, 0.15) is 49.5 Å². The Balaban J connectivity index is 1.97. The normalized spacial score (nSPS) is 19.2. The van der Waals surface area contributed by atoms with E-state index in [1.54, 1.807) is 0 Å². The third kappa shape index (κ3) is 4.10. The van der Waals surface area contributed by atoms with Crippen LogP contribution in [0.25, 0.3) is 0 Å². The van der Waals surface area contributed by atoms with Gasteiger partial charge in [-0.05, 0) is 25.3 Å². The van der Waals surface area contributed by atoms with Gasteiger partial charge in [0.05, 0.1) is 6.54 Å². The lowest BCUT2D eigenvalue weighted by Gasteiger charge is -2.37. The third-order valence-electron chi connectivity index (χ3n) is 3.77. The van der Waals surface area contributed by atoms with E-state index in [9.17, 15) is 4.79 Å². The van der Waals surface area contributed by atoms with Crippen molar-refractivity contribution in [2.24, 2.45) is 0 Å². The Morgan fingerprint density at radius 2 is 1.95 bits per heavy atom. The van der Waals surface area contributed by atoms with Gasteiger partial charge in [-0.3, -0.25) is 9.69 Å². The van der Waals surface area contributed by atoms with E-state index in [4.69, 9.17) is 0 Å². The number of hydrogen-bond donors (Lipinski definition) is 0. The van der Waals surface area contributed by atoms with Crippen LogP contribution in [0, 0.1) is 0 Å². The van der Waals surface area contributed by atoms with Crippen LogP contribution in [0.3, 0.4) is 0 Å². The number of nitrogens with zero attached hydrogens (tertiary/aromatic N) is 1. The number of rotatable bonds is 4. The summed E-state index contributed by atoms with van der Waals surface area (Å²) >= 11 is 2.00. The highest BCUT2D eigenvalue weighted by Gasteiger charge is 2.28. The van der Waals surface area contributed by atoms with E-state index < -0.39 is 0 Å². The van der Waals surface area contributed by atoms with Crippen molar-refractivity contribution in [3.63, 3.8) is 0 Å². The molecule has 20 heavy (non-hydrogen) atoms. The predicted molar refractivity (Wildman–Crippen MR) is 87.8 cm³/mol. The Kier molecular flexibility index (Phi) is 4.92. The molecule has 0 unspecified atom stereocenters. The van der Waals surface area contributed by atoms with Crippen molar-refractivity contribution >= 4 is 17.5 Å². The first-order valence-corrected chi connectivity index (χ1v) is 8.35. The quantitative estimate of drug-likeness (QED) is 0.787. The molecule has 1 aromatic rings. The Morgan fingerprint density at radius 1 is 1.30 bits per heavy atom. The van der Waals surface area contributed by atoms with E-state index in [2.05, 4.69) is 44.7 Å². The van der Waals surface area contributed by atoms with Gasteiger partial charge in [0.2, 0.25) is 0 Å². The zero-order chi connectivity index (χ0) is 14.8. The molecule has 0 aliphatic carbocycles. The van der Waals surface area contributed by atoms with Gasteiger partial charge in [0.1, 0.15) is 0 Å². The van der Waals surface area contributed by atoms with Crippen LogP contribution in [-0.2, 0) is 0 Å². The fourth-order valence-electron chi connectivity index (χ4n) is 2.60. The standard InChI is InChI=1S/C17H25NOS/c1-13(2)14-5-7-15(8-6-14)16(19)11-18-9-10-20-17(3,4)12-18/h5-8,13H,9-12H2,1-4H3. The van der Waals surface area contributed by atoms with Crippen molar-refractivity contribution in [1.29, 1.82) is 0 Å². The SMILES string of the molecule is CC(C)c1ccc(C(=O)CN2CCSC(C)(C)C2)cc1. The molecular weight excluding hydrogens is 266 g/mol. The summed E-state index contributed by atoms with van der Waals surface area (Å²) in [5.41, 5.74) is 2.13. The number of carbonyl (C=O) groups is 1. The highest BCUT2D eigenvalue weighted by molar-refractivity contribution is 8.00. The summed E-state index contributed by atoms with van der Waals surface area (Å²) in [6.07, 6.45) is 0. The van der Waals surface area contributed by atoms with Crippen molar-refractivity contribution in [1.82, 2.24) is 4.90 Å². The van der Waals surface area contributed by atoms with Crippen molar-refractivity contribution in [2.75, 3.05) is 25.4 Å². The van der Waals surface area contributed by atoms with Crippen molar-refractivity contribution in [3.8, 4) is 0 Å². The highest BCUT2D eigenvalue weighted by atomic mass is 32.2. The largest absolute Gasteiger partial charge is 0.294 e. The zero-order valence-corrected chi connectivity index (χ0v) is 13.8. The van der Waals surface area contributed by atoms with E-state index in [-0.39, 0.29) is 10.5 Å². The molecule has 1 aliphatic heterocycles. The molecule has 1 aromatic carbocycles. The minimum Gasteiger partial charge on any atom is -0.294 e. The van der Waals surface area contributed by atoms with Crippen molar-refractivity contribution in [2.45, 2.75) is 38.4 Å². The van der Waals surface area contributed by atoms with Gasteiger partial charge < -0.3 is 0 Å². The fourth-order valence-corrected chi connectivity index (χ4v) is 3.77. The zero-order valence-electron chi connectivity index (χ0n) is 13.0. The summed E-state index contributed by atoms with van der Waals surface area (Å²) in [4.78, 5) is 14.6. The highest BCUT2D eigenvalue weighted by Crippen LogP contribution is 2.29. The van der Waals surface area contributed by atoms with E-state index in [0.29, 0.717) is 12.5 Å². The first-order valence-electron chi connectivity index (χ1n) is 7.37. The molecule has 1 fully saturated rings. The van der Waals surface area contributed by atoms with Gasteiger partial charge in [-0.15, -0.1) is 0 Å². The van der Waals surface area contributed by atoms with Crippen LogP contribution in [-0.4, -0.2) is 40.8 Å². The second-order valence-corrected chi connectivity index (χ2v) is 8.32. The summed E-state index contributed by atoms with van der Waals surface area (Å²) in [5.74, 6) is 1.87. The summed E-state index contributed by atoms with van der Waals surface area (Å²) in [7, 11) is 0. The summed E-state index contributed by atoms with van der Waals surface area (Å²) in [6, 6.07) is 8.10. The molecule has 0 spiro atoms. The fraction of sp³-hybridized carbons (Fsp3) is 0.588. The number of carbonyl (C=O) groups excluding carboxylic acids is 1. The van der Waals surface area contributed by atoms with Crippen molar-refractivity contribution in [3.05, 3.63) is 35.4 Å². The van der Waals surface area contributed by atoms with Gasteiger partial charge in [-0.2, -0.15) is 11.8 Å². The smallest absolute Gasteiger partial charge is 0.176 e. The molecular formula is C17H25NOS. The van der Waals surface area contributed by atoms with Gasteiger partial charge in [0, 0.05) is 29.2 Å². The Hall–Kier alpha value is -0.800. The molecule has 110 valence electrons. The minimum absolute atomic E-state index is 0.239. The molecule has 2 rings (SSSR count). The molecule has 0 atom stereocenters. The van der Waals surface area contributed by atoms with Crippen LogP contribution in [0.5, 0.6) is 0 Å². The van der Waals surface area contributed by atoms with Crippen LogP contribution >= 0.6 is 11.8 Å². The maximum atomic E-state index is 12.4. The molecule has 0 radical (unpaired) electrons. The van der Waals surface area contributed by atoms with E-state index in [0.717, 1.165) is 24.4 Å². The second-order valence-electron chi connectivity index (χ2n) is 6.52. The van der Waals surface area contributed by atoms with E-state index in [1.165, 1.54) is 5.56 Å². The maximum absolute atomic E-state index is 12.4. The topological polar surface area (TPSA) is 20.3 Å². The third-order valence-corrected chi connectivity index (χ3v) is 5.07. The van der Waals surface area contributed by atoms with Crippen LogP contribution in [0.15, 0.2) is 24.3 Å². The van der Waals surface area contributed by atoms with E-state index >= 15 is 0 Å². The molecule has 0 aromatic heterocycles. The van der Waals surface area contributed by atoms with E-state index in [1.807, 2.05) is 23.9 Å². The summed E-state index contributed by atoms with van der Waals surface area (Å²) in [5, 5.41) is 0. The molecule has 1 heterocycles.